The first kappa shape index (κ1) is 24.1. The molecule has 0 saturated heterocycles. The van der Waals surface area contributed by atoms with Crippen molar-refractivity contribution in [3.63, 3.8) is 0 Å². The van der Waals surface area contributed by atoms with Crippen LogP contribution in [0.4, 0.5) is 16.3 Å². The summed E-state index contributed by atoms with van der Waals surface area (Å²) >= 11 is 0. The second-order valence-corrected chi connectivity index (χ2v) is 8.73. The van der Waals surface area contributed by atoms with Crippen LogP contribution in [-0.2, 0) is 5.41 Å². The highest BCUT2D eigenvalue weighted by Gasteiger charge is 2.20. The first-order chi connectivity index (χ1) is 16.3. The van der Waals surface area contributed by atoms with Gasteiger partial charge in [0.25, 0.3) is 0 Å². The van der Waals surface area contributed by atoms with Crippen LogP contribution in [0, 0.1) is 0 Å². The molecule has 0 aliphatic carbocycles. The van der Waals surface area contributed by atoms with Crippen molar-refractivity contribution >= 4 is 40.8 Å². The number of aromatic nitrogens is 3. The third-order valence-electron chi connectivity index (χ3n) is 5.06. The molecule has 1 aliphatic rings. The van der Waals surface area contributed by atoms with Crippen LogP contribution < -0.4 is 24.8 Å². The molecule has 35 heavy (non-hydrogen) atoms. The number of halogens is 1. The summed E-state index contributed by atoms with van der Waals surface area (Å²) in [7, 11) is 0. The Bertz CT molecular complexity index is 1370. The Balaban J connectivity index is 0.00000289. The summed E-state index contributed by atoms with van der Waals surface area (Å²) in [6.45, 7) is 6.97. The molecule has 182 valence electrons. The van der Waals surface area contributed by atoms with Gasteiger partial charge in [0.15, 0.2) is 17.3 Å². The zero-order valence-corrected chi connectivity index (χ0v) is 20.1. The molecule has 2 aromatic heterocycles. The maximum Gasteiger partial charge on any atom is 0.324 e. The van der Waals surface area contributed by atoms with Crippen molar-refractivity contribution < 1.29 is 23.5 Å². The predicted octanol–water partition coefficient (Wildman–Crippen LogP) is 5.54. The molecule has 10 nitrogen and oxygen atoms in total. The first-order valence-corrected chi connectivity index (χ1v) is 10.7. The van der Waals surface area contributed by atoms with E-state index in [0.717, 1.165) is 0 Å². The maximum absolute atomic E-state index is 12.4. The predicted molar refractivity (Wildman–Crippen MR) is 132 cm³/mol. The molecule has 0 unspecified atom stereocenters. The molecule has 2 aromatic carbocycles. The van der Waals surface area contributed by atoms with Crippen molar-refractivity contribution in [2.75, 3.05) is 23.8 Å². The van der Waals surface area contributed by atoms with Gasteiger partial charge < -0.3 is 24.1 Å². The fourth-order valence-electron chi connectivity index (χ4n) is 3.37. The Morgan fingerprint density at radius 1 is 1.00 bits per heavy atom. The molecule has 3 heterocycles. The number of hydrogen-bond acceptors (Lipinski definition) is 8. The van der Waals surface area contributed by atoms with Gasteiger partial charge >= 0.3 is 6.03 Å². The molecule has 0 atom stereocenters. The number of hydrogen-bond donors (Lipinski definition) is 2. The largest absolute Gasteiger partial charge is 0.486 e. The summed E-state index contributed by atoms with van der Waals surface area (Å²) in [5, 5.41) is 10.0. The van der Waals surface area contributed by atoms with Gasteiger partial charge in [0, 0.05) is 29.3 Å². The molecule has 4 aromatic rings. The van der Waals surface area contributed by atoms with E-state index in [0.29, 0.717) is 64.5 Å². The number of anilines is 2. The summed E-state index contributed by atoms with van der Waals surface area (Å²) in [4.78, 5) is 21.0. The second kappa shape index (κ2) is 9.67. The highest BCUT2D eigenvalue weighted by molar-refractivity contribution is 5.99. The lowest BCUT2D eigenvalue weighted by atomic mass is 9.93. The third kappa shape index (κ3) is 5.38. The molecule has 11 heteroatoms. The minimum Gasteiger partial charge on any atom is -0.486 e. The third-order valence-corrected chi connectivity index (χ3v) is 5.06. The number of rotatable bonds is 4. The number of urea groups is 1. The van der Waals surface area contributed by atoms with E-state index in [-0.39, 0.29) is 17.8 Å². The number of carbonyl (C=O) groups excluding carboxylic acids is 1. The molecular formula is C24H24ClN5O5. The van der Waals surface area contributed by atoms with Crippen molar-refractivity contribution in [3.8, 4) is 23.1 Å². The molecule has 0 spiro atoms. The Morgan fingerprint density at radius 2 is 1.77 bits per heavy atom. The van der Waals surface area contributed by atoms with Crippen LogP contribution in [-0.4, -0.2) is 34.4 Å². The fraction of sp³-hybridized carbons (Fsp3) is 0.250. The van der Waals surface area contributed by atoms with Crippen molar-refractivity contribution in [1.82, 2.24) is 15.1 Å². The number of carbonyl (C=O) groups is 1. The van der Waals surface area contributed by atoms with Gasteiger partial charge in [-0.05, 0) is 18.2 Å². The van der Waals surface area contributed by atoms with Crippen molar-refractivity contribution in [2.45, 2.75) is 26.2 Å². The van der Waals surface area contributed by atoms with E-state index in [4.69, 9.17) is 18.7 Å². The number of fused-ring (bicyclic) bond motifs is 2. The van der Waals surface area contributed by atoms with Crippen LogP contribution in [0.3, 0.4) is 0 Å². The zero-order valence-electron chi connectivity index (χ0n) is 19.3. The number of ether oxygens (including phenoxy) is 3. The minimum atomic E-state index is -0.456. The van der Waals surface area contributed by atoms with E-state index < -0.39 is 6.03 Å². The Labute approximate surface area is 207 Å². The Hall–Kier alpha value is -4.05. The van der Waals surface area contributed by atoms with Gasteiger partial charge in [0.2, 0.25) is 5.88 Å². The number of nitrogens with one attached hydrogen (secondary N) is 2. The monoisotopic (exact) mass is 497 g/mol. The lowest BCUT2D eigenvalue weighted by molar-refractivity contribution is 0.172. The van der Waals surface area contributed by atoms with Gasteiger partial charge in [-0.25, -0.2) is 14.8 Å². The van der Waals surface area contributed by atoms with Gasteiger partial charge in [0.05, 0.1) is 10.9 Å². The minimum absolute atomic E-state index is 0. The standard InChI is InChI=1S/C24H23N5O5.ClH/c1-24(2,3)20-12-21(29-34-20)28-23(30)27-14-5-4-6-15(9-14)33-22-16-10-18-19(32-8-7-31-18)11-17(16)25-13-26-22;/h4-6,9-13H,7-8H2,1-3H3,(H2,27,28,29,30);1H. The fourth-order valence-corrected chi connectivity index (χ4v) is 3.37. The van der Waals surface area contributed by atoms with E-state index in [9.17, 15) is 4.79 Å². The van der Waals surface area contributed by atoms with Gasteiger partial charge in [-0.3, -0.25) is 5.32 Å². The first-order valence-electron chi connectivity index (χ1n) is 10.7. The number of benzene rings is 2. The Kier molecular flexibility index (Phi) is 6.65. The van der Waals surface area contributed by atoms with Crippen LogP contribution in [0.5, 0.6) is 23.1 Å². The SMILES string of the molecule is CC(C)(C)c1cc(NC(=O)Nc2cccc(Oc3ncnc4cc5c(cc34)OCCO5)c2)no1.Cl. The quantitative estimate of drug-likeness (QED) is 0.376. The summed E-state index contributed by atoms with van der Waals surface area (Å²) in [5.41, 5.74) is 0.991. The average molecular weight is 498 g/mol. The van der Waals surface area contributed by atoms with Crippen LogP contribution in [0.1, 0.15) is 26.5 Å². The normalized spacial score (nSPS) is 12.5. The number of nitrogens with zero attached hydrogens (tertiary/aromatic N) is 3. The second-order valence-electron chi connectivity index (χ2n) is 8.73. The number of amides is 2. The summed E-state index contributed by atoms with van der Waals surface area (Å²) in [6.07, 6.45) is 1.42. The van der Waals surface area contributed by atoms with Crippen LogP contribution in [0.15, 0.2) is 53.3 Å². The van der Waals surface area contributed by atoms with Crippen molar-refractivity contribution in [2.24, 2.45) is 0 Å². The van der Waals surface area contributed by atoms with E-state index in [2.05, 4.69) is 25.8 Å². The Morgan fingerprint density at radius 3 is 2.51 bits per heavy atom. The summed E-state index contributed by atoms with van der Waals surface area (Å²) < 4.78 is 22.6. The molecule has 0 radical (unpaired) electrons. The zero-order chi connectivity index (χ0) is 23.7. The van der Waals surface area contributed by atoms with Gasteiger partial charge in [-0.2, -0.15) is 0 Å². The van der Waals surface area contributed by atoms with Crippen molar-refractivity contribution in [3.05, 3.63) is 54.6 Å². The maximum atomic E-state index is 12.4. The molecule has 0 fully saturated rings. The van der Waals surface area contributed by atoms with Crippen LogP contribution in [0.25, 0.3) is 10.9 Å². The molecule has 1 aliphatic heterocycles. The summed E-state index contributed by atoms with van der Waals surface area (Å²) in [5.74, 6) is 3.12. The smallest absolute Gasteiger partial charge is 0.324 e. The highest BCUT2D eigenvalue weighted by Crippen LogP contribution is 2.37. The molecule has 5 rings (SSSR count). The van der Waals surface area contributed by atoms with Crippen LogP contribution >= 0.6 is 12.4 Å². The average Bonchev–Trinajstić information content (AvgIpc) is 3.27. The highest BCUT2D eigenvalue weighted by atomic mass is 35.5. The van der Waals surface area contributed by atoms with E-state index >= 15 is 0 Å². The summed E-state index contributed by atoms with van der Waals surface area (Å²) in [6, 6.07) is 11.8. The van der Waals surface area contributed by atoms with Crippen molar-refractivity contribution in [1.29, 1.82) is 0 Å². The van der Waals surface area contributed by atoms with E-state index in [1.807, 2.05) is 20.8 Å². The van der Waals surface area contributed by atoms with Crippen LogP contribution in [0.2, 0.25) is 0 Å². The molecule has 2 N–H and O–H groups in total. The van der Waals surface area contributed by atoms with Gasteiger partial charge in [-0.1, -0.05) is 32.0 Å². The lowest BCUT2D eigenvalue weighted by Crippen LogP contribution is -2.19. The van der Waals surface area contributed by atoms with Gasteiger partial charge in [-0.15, -0.1) is 12.4 Å². The molecule has 2 amide bonds. The van der Waals surface area contributed by atoms with Gasteiger partial charge in [0.1, 0.15) is 31.1 Å². The van der Waals surface area contributed by atoms with E-state index in [1.165, 1.54) is 6.33 Å². The van der Waals surface area contributed by atoms with E-state index in [1.54, 1.807) is 42.5 Å². The molecular weight excluding hydrogens is 474 g/mol. The topological polar surface area (TPSA) is 121 Å². The molecule has 0 bridgehead atoms. The molecule has 0 saturated carbocycles. The lowest BCUT2D eigenvalue weighted by Gasteiger charge is -2.19.